The van der Waals surface area contributed by atoms with Crippen LogP contribution in [0.1, 0.15) is 43.9 Å². The van der Waals surface area contributed by atoms with Gasteiger partial charge in [-0.1, -0.05) is 25.2 Å². The smallest absolute Gasteiger partial charge is 0.0567 e. The summed E-state index contributed by atoms with van der Waals surface area (Å²) in [5, 5.41) is 1.35. The molecule has 0 saturated carbocycles. The zero-order chi connectivity index (χ0) is 14.7. The van der Waals surface area contributed by atoms with Crippen LogP contribution in [-0.2, 0) is 6.42 Å². The normalized spacial score (nSPS) is 23.1. The van der Waals surface area contributed by atoms with Crippen molar-refractivity contribution in [3.63, 3.8) is 0 Å². The Morgan fingerprint density at radius 3 is 3.14 bits per heavy atom. The van der Waals surface area contributed by atoms with Gasteiger partial charge in [0.2, 0.25) is 0 Å². The monoisotopic (exact) mass is 288 g/mol. The highest BCUT2D eigenvalue weighted by molar-refractivity contribution is 5.96. The van der Waals surface area contributed by atoms with Crippen LogP contribution in [0.2, 0.25) is 0 Å². The van der Waals surface area contributed by atoms with E-state index in [0.29, 0.717) is 0 Å². The van der Waals surface area contributed by atoms with Gasteiger partial charge in [0.15, 0.2) is 0 Å². The molecule has 2 nitrogen and oxygen atoms in total. The first kappa shape index (κ1) is 12.5. The molecule has 1 aliphatic heterocycles. The van der Waals surface area contributed by atoms with Crippen LogP contribution < -0.4 is 0 Å². The molecule has 0 bridgehead atoms. The van der Waals surface area contributed by atoms with Crippen LogP contribution in [0.15, 0.2) is 42.3 Å². The fraction of sp³-hybridized carbons (Fsp3) is 0.350. The Morgan fingerprint density at radius 2 is 2.18 bits per heavy atom. The molecule has 3 aliphatic rings. The Balaban J connectivity index is 1.91. The summed E-state index contributed by atoms with van der Waals surface area (Å²) in [5.74, 6) is 0.797. The maximum Gasteiger partial charge on any atom is 0.0567 e. The summed E-state index contributed by atoms with van der Waals surface area (Å²) in [7, 11) is 0. The predicted molar refractivity (Wildman–Crippen MR) is 91.4 cm³/mol. The molecule has 22 heavy (non-hydrogen) atoms. The first-order valence-electron chi connectivity index (χ1n) is 8.41. The van der Waals surface area contributed by atoms with E-state index >= 15 is 0 Å². The van der Waals surface area contributed by atoms with Crippen molar-refractivity contribution in [2.45, 2.75) is 39.0 Å². The Bertz CT molecular complexity index is 876. The molecule has 2 heteroatoms. The molecule has 0 N–H and O–H groups in total. The lowest BCUT2D eigenvalue weighted by Gasteiger charge is -2.25. The van der Waals surface area contributed by atoms with E-state index in [9.17, 15) is 0 Å². The standard InChI is InChI=1S/C20H20N2/c1-13-5-8-18-15(11-13)7-6-14-3-2-4-16-17-12-21-10-9-19(17)22(18)20(14)16/h3,6-7,9-10,12-13H,2,4-5,8,11H2,1H3. The second-order valence-corrected chi connectivity index (χ2v) is 6.91. The first-order valence-corrected chi connectivity index (χ1v) is 8.41. The van der Waals surface area contributed by atoms with Gasteiger partial charge in [-0.3, -0.25) is 4.98 Å². The zero-order valence-corrected chi connectivity index (χ0v) is 13.0. The highest BCUT2D eigenvalue weighted by Crippen LogP contribution is 2.44. The zero-order valence-electron chi connectivity index (χ0n) is 13.0. The minimum absolute atomic E-state index is 0.797. The molecule has 2 aromatic rings. The fourth-order valence-corrected chi connectivity index (χ4v) is 4.40. The number of rotatable bonds is 0. The number of nitrogens with zero attached hydrogens (tertiary/aromatic N) is 2. The Morgan fingerprint density at radius 1 is 1.23 bits per heavy atom. The topological polar surface area (TPSA) is 17.8 Å². The minimum atomic E-state index is 0.797. The van der Waals surface area contributed by atoms with E-state index in [2.05, 4.69) is 47.0 Å². The minimum Gasteiger partial charge on any atom is -0.312 e. The first-order chi connectivity index (χ1) is 10.8. The van der Waals surface area contributed by atoms with Crippen molar-refractivity contribution in [3.05, 3.63) is 53.5 Å². The Labute approximate surface area is 130 Å². The molecule has 3 heterocycles. The van der Waals surface area contributed by atoms with Crippen molar-refractivity contribution in [1.82, 2.24) is 9.55 Å². The molecule has 2 aromatic heterocycles. The number of hydrogen-bond donors (Lipinski definition) is 0. The molecule has 0 saturated heterocycles. The lowest BCUT2D eigenvalue weighted by molar-refractivity contribution is 0.515. The van der Waals surface area contributed by atoms with E-state index in [1.54, 1.807) is 0 Å². The molecular weight excluding hydrogens is 268 g/mol. The van der Waals surface area contributed by atoms with Gasteiger partial charge in [-0.05, 0) is 60.8 Å². The third-order valence-electron chi connectivity index (χ3n) is 5.45. The van der Waals surface area contributed by atoms with Gasteiger partial charge < -0.3 is 4.57 Å². The van der Waals surface area contributed by atoms with Gasteiger partial charge in [-0.2, -0.15) is 0 Å². The summed E-state index contributed by atoms with van der Waals surface area (Å²) >= 11 is 0. The van der Waals surface area contributed by atoms with Crippen molar-refractivity contribution in [3.8, 4) is 0 Å². The average molecular weight is 288 g/mol. The summed E-state index contributed by atoms with van der Waals surface area (Å²) in [6.07, 6.45) is 17.1. The number of fused-ring (bicyclic) bond motifs is 4. The van der Waals surface area contributed by atoms with E-state index in [4.69, 9.17) is 0 Å². The SMILES string of the molecule is CC1CCC2=C(C=CC3=CCCc4c3n2c2ccncc42)C1. The second kappa shape index (κ2) is 4.45. The molecule has 0 aromatic carbocycles. The van der Waals surface area contributed by atoms with Crippen LogP contribution in [0, 0.1) is 5.92 Å². The number of allylic oxidation sites excluding steroid dienone is 6. The van der Waals surface area contributed by atoms with Crippen molar-refractivity contribution in [1.29, 1.82) is 0 Å². The second-order valence-electron chi connectivity index (χ2n) is 6.91. The largest absolute Gasteiger partial charge is 0.312 e. The molecule has 5 rings (SSSR count). The average Bonchev–Trinajstić information content (AvgIpc) is 2.78. The number of pyridine rings is 1. The van der Waals surface area contributed by atoms with Crippen molar-refractivity contribution in [2.75, 3.05) is 0 Å². The van der Waals surface area contributed by atoms with E-state index in [0.717, 1.165) is 18.8 Å². The molecule has 1 unspecified atom stereocenters. The predicted octanol–water partition coefficient (Wildman–Crippen LogP) is 4.97. The van der Waals surface area contributed by atoms with E-state index < -0.39 is 0 Å². The van der Waals surface area contributed by atoms with Crippen LogP contribution in [0.25, 0.3) is 22.2 Å². The number of aryl methyl sites for hydroxylation is 1. The summed E-state index contributed by atoms with van der Waals surface area (Å²) in [5.41, 5.74) is 8.74. The van der Waals surface area contributed by atoms with Crippen LogP contribution in [-0.4, -0.2) is 9.55 Å². The van der Waals surface area contributed by atoms with Gasteiger partial charge >= 0.3 is 0 Å². The van der Waals surface area contributed by atoms with Gasteiger partial charge in [0, 0.05) is 23.5 Å². The summed E-state index contributed by atoms with van der Waals surface area (Å²) in [6, 6.07) is 2.19. The Hall–Kier alpha value is -2.09. The van der Waals surface area contributed by atoms with Gasteiger partial charge in [0.25, 0.3) is 0 Å². The van der Waals surface area contributed by atoms with Gasteiger partial charge in [0.1, 0.15) is 0 Å². The summed E-state index contributed by atoms with van der Waals surface area (Å²) in [4.78, 5) is 4.39. The molecule has 1 atom stereocenters. The molecule has 0 amide bonds. The highest BCUT2D eigenvalue weighted by Gasteiger charge is 2.28. The van der Waals surface area contributed by atoms with Crippen molar-refractivity contribution >= 4 is 22.2 Å². The number of aromatic nitrogens is 2. The van der Waals surface area contributed by atoms with Crippen LogP contribution in [0.4, 0.5) is 0 Å². The van der Waals surface area contributed by atoms with E-state index in [1.165, 1.54) is 58.3 Å². The van der Waals surface area contributed by atoms with Crippen LogP contribution in [0.5, 0.6) is 0 Å². The molecule has 0 fully saturated rings. The van der Waals surface area contributed by atoms with Gasteiger partial charge in [-0.15, -0.1) is 0 Å². The van der Waals surface area contributed by atoms with E-state index in [1.807, 2.05) is 6.20 Å². The lowest BCUT2D eigenvalue weighted by atomic mass is 9.87. The van der Waals surface area contributed by atoms with Crippen molar-refractivity contribution < 1.29 is 0 Å². The quantitative estimate of drug-likeness (QED) is 0.669. The maximum atomic E-state index is 4.39. The molecule has 2 aliphatic carbocycles. The van der Waals surface area contributed by atoms with Crippen LogP contribution in [0.3, 0.4) is 0 Å². The molecule has 0 spiro atoms. The molecule has 110 valence electrons. The lowest BCUT2D eigenvalue weighted by Crippen LogP contribution is -2.11. The summed E-state index contributed by atoms with van der Waals surface area (Å²) in [6.45, 7) is 2.38. The van der Waals surface area contributed by atoms with Crippen LogP contribution >= 0.6 is 0 Å². The number of hydrogen-bond acceptors (Lipinski definition) is 1. The highest BCUT2D eigenvalue weighted by atomic mass is 15.0. The maximum absolute atomic E-state index is 4.39. The molecular formula is C20H20N2. The fourth-order valence-electron chi connectivity index (χ4n) is 4.40. The third-order valence-corrected chi connectivity index (χ3v) is 5.45. The van der Waals surface area contributed by atoms with Crippen molar-refractivity contribution in [2.24, 2.45) is 5.92 Å². The Kier molecular flexibility index (Phi) is 2.52. The summed E-state index contributed by atoms with van der Waals surface area (Å²) < 4.78 is 2.55. The van der Waals surface area contributed by atoms with Gasteiger partial charge in [-0.25, -0.2) is 0 Å². The van der Waals surface area contributed by atoms with Gasteiger partial charge in [0.05, 0.1) is 11.2 Å². The third kappa shape index (κ3) is 1.58. The molecule has 0 radical (unpaired) electrons. The van der Waals surface area contributed by atoms with E-state index in [-0.39, 0.29) is 0 Å².